The van der Waals surface area contributed by atoms with Crippen LogP contribution in [0.3, 0.4) is 0 Å². The van der Waals surface area contributed by atoms with Crippen LogP contribution >= 0.6 is 31.9 Å². The molecule has 0 atom stereocenters. The molecule has 0 fully saturated rings. The number of nitrogens with two attached hydrogens (primary N) is 1. The fraction of sp³-hybridized carbons (Fsp3) is 0.273. The minimum absolute atomic E-state index is 0.0907. The number of benzene rings is 1. The van der Waals surface area contributed by atoms with Crippen LogP contribution in [0.4, 0.5) is 0 Å². The summed E-state index contributed by atoms with van der Waals surface area (Å²) in [7, 11) is -3.84. The second-order valence-electron chi connectivity index (χ2n) is 3.81. The molecule has 0 saturated carbocycles. The number of hydrogen-bond acceptors (Lipinski definition) is 5. The lowest BCUT2D eigenvalue weighted by atomic mass is 10.3. The highest BCUT2D eigenvalue weighted by molar-refractivity contribution is 9.11. The maximum absolute atomic E-state index is 11.4. The molecule has 1 aromatic carbocycles. The Labute approximate surface area is 138 Å². The molecular formula is C11H11Br2N3O4S. The number of carbonyl (C=O) groups is 1. The molecule has 0 unspecified atom stereocenters. The molecule has 10 heteroatoms. The van der Waals surface area contributed by atoms with Gasteiger partial charge < -0.3 is 10.1 Å². The smallest absolute Gasteiger partial charge is 0.257 e. The van der Waals surface area contributed by atoms with Gasteiger partial charge in [-0.05, 0) is 44.0 Å². The summed E-state index contributed by atoms with van der Waals surface area (Å²) < 4.78 is 28.5. The third kappa shape index (κ3) is 5.62. The van der Waals surface area contributed by atoms with E-state index in [1.807, 2.05) is 6.07 Å². The third-order valence-corrected chi connectivity index (χ3v) is 4.28. The van der Waals surface area contributed by atoms with Crippen molar-refractivity contribution in [3.05, 3.63) is 21.1 Å². The van der Waals surface area contributed by atoms with E-state index in [-0.39, 0.29) is 36.1 Å². The van der Waals surface area contributed by atoms with Crippen molar-refractivity contribution < 1.29 is 17.9 Å². The van der Waals surface area contributed by atoms with Gasteiger partial charge >= 0.3 is 0 Å². The summed E-state index contributed by atoms with van der Waals surface area (Å²) in [5.74, 6) is -0.114. The first-order valence-electron chi connectivity index (χ1n) is 5.54. The van der Waals surface area contributed by atoms with Crippen molar-refractivity contribution >= 4 is 47.8 Å². The van der Waals surface area contributed by atoms with Gasteiger partial charge in [-0.1, -0.05) is 0 Å². The summed E-state index contributed by atoms with van der Waals surface area (Å²) in [6.07, 6.45) is 0.211. The first kappa shape index (κ1) is 17.9. The van der Waals surface area contributed by atoms with E-state index < -0.39 is 10.0 Å². The zero-order valence-corrected chi connectivity index (χ0v) is 14.6. The lowest BCUT2D eigenvalue weighted by Crippen LogP contribution is -2.29. The van der Waals surface area contributed by atoms with Crippen molar-refractivity contribution in [1.82, 2.24) is 5.32 Å². The number of carbonyl (C=O) groups excluding carboxylic acids is 1. The maximum Gasteiger partial charge on any atom is 0.257 e. The molecular weight excluding hydrogens is 430 g/mol. The van der Waals surface area contributed by atoms with E-state index in [1.165, 1.54) is 12.1 Å². The number of amides is 1. The average molecular weight is 441 g/mol. The van der Waals surface area contributed by atoms with Crippen molar-refractivity contribution in [2.45, 2.75) is 11.3 Å². The van der Waals surface area contributed by atoms with Gasteiger partial charge in [-0.25, -0.2) is 13.6 Å². The molecule has 0 spiro atoms. The molecule has 0 saturated heterocycles. The molecule has 1 amide bonds. The van der Waals surface area contributed by atoms with Gasteiger partial charge in [0.15, 0.2) is 6.61 Å². The molecule has 21 heavy (non-hydrogen) atoms. The molecule has 3 N–H and O–H groups in total. The van der Waals surface area contributed by atoms with Crippen LogP contribution in [0.1, 0.15) is 6.42 Å². The highest BCUT2D eigenvalue weighted by atomic mass is 79.9. The van der Waals surface area contributed by atoms with Crippen LogP contribution < -0.4 is 15.2 Å². The number of rotatable bonds is 6. The summed E-state index contributed by atoms with van der Waals surface area (Å²) >= 11 is 6.31. The number of nitrogens with zero attached hydrogens (tertiary/aromatic N) is 1. The molecule has 0 aromatic heterocycles. The standard InChI is InChI=1S/C11H11Br2N3O4S/c12-8-4-7(21(15,18)19)5-9(13)11(8)20-6-10(17)16-3-1-2-14/h4-5H,1,3,6H2,(H,16,17)(H2,15,18,19). The van der Waals surface area contributed by atoms with Crippen LogP contribution in [0.2, 0.25) is 0 Å². The van der Waals surface area contributed by atoms with Crippen molar-refractivity contribution in [2.75, 3.05) is 13.2 Å². The predicted octanol–water partition coefficient (Wildman–Crippen LogP) is 1.27. The number of nitrogens with one attached hydrogen (secondary N) is 1. The minimum Gasteiger partial charge on any atom is -0.481 e. The van der Waals surface area contributed by atoms with Gasteiger partial charge in [-0.2, -0.15) is 5.26 Å². The van der Waals surface area contributed by atoms with E-state index in [4.69, 9.17) is 15.1 Å². The van der Waals surface area contributed by atoms with Gasteiger partial charge in [0.1, 0.15) is 5.75 Å². The zero-order chi connectivity index (χ0) is 16.0. The Hall–Kier alpha value is -1.15. The molecule has 7 nitrogen and oxygen atoms in total. The number of primary sulfonamides is 1. The Balaban J connectivity index is 2.77. The van der Waals surface area contributed by atoms with Gasteiger partial charge in [0.2, 0.25) is 10.0 Å². The minimum atomic E-state index is -3.84. The van der Waals surface area contributed by atoms with Gasteiger partial charge in [0, 0.05) is 6.54 Å². The van der Waals surface area contributed by atoms with Gasteiger partial charge in [-0.3, -0.25) is 4.79 Å². The summed E-state index contributed by atoms with van der Waals surface area (Å²) in [5, 5.41) is 15.9. The van der Waals surface area contributed by atoms with Gasteiger partial charge in [0.25, 0.3) is 5.91 Å². The lowest BCUT2D eigenvalue weighted by molar-refractivity contribution is -0.123. The molecule has 114 valence electrons. The Morgan fingerprint density at radius 2 is 1.95 bits per heavy atom. The quantitative estimate of drug-likeness (QED) is 0.644. The number of halogens is 2. The van der Waals surface area contributed by atoms with Crippen LogP contribution in [0.25, 0.3) is 0 Å². The molecule has 0 radical (unpaired) electrons. The van der Waals surface area contributed by atoms with E-state index >= 15 is 0 Å². The van der Waals surface area contributed by atoms with Crippen LogP contribution in [0.5, 0.6) is 5.75 Å². The van der Waals surface area contributed by atoms with Crippen LogP contribution in [-0.2, 0) is 14.8 Å². The van der Waals surface area contributed by atoms with E-state index in [9.17, 15) is 13.2 Å². The van der Waals surface area contributed by atoms with E-state index in [1.54, 1.807) is 0 Å². The van der Waals surface area contributed by atoms with Crippen molar-refractivity contribution in [3.63, 3.8) is 0 Å². The fourth-order valence-corrected chi connectivity index (χ4v) is 3.57. The SMILES string of the molecule is N#CCCNC(=O)COc1c(Br)cc(S(N)(=O)=O)cc1Br. The molecule has 1 aromatic rings. The molecule has 0 aliphatic heterocycles. The predicted molar refractivity (Wildman–Crippen MR) is 81.9 cm³/mol. The number of nitriles is 1. The van der Waals surface area contributed by atoms with Crippen LogP contribution in [0.15, 0.2) is 26.0 Å². The largest absolute Gasteiger partial charge is 0.481 e. The lowest BCUT2D eigenvalue weighted by Gasteiger charge is -2.11. The molecule has 1 rings (SSSR count). The molecule has 0 aliphatic rings. The van der Waals surface area contributed by atoms with E-state index in [0.717, 1.165) is 0 Å². The highest BCUT2D eigenvalue weighted by Crippen LogP contribution is 2.35. The Morgan fingerprint density at radius 3 is 2.43 bits per heavy atom. The summed E-state index contributed by atoms with van der Waals surface area (Å²) in [6, 6.07) is 4.46. The monoisotopic (exact) mass is 439 g/mol. The number of sulfonamides is 1. The Morgan fingerprint density at radius 1 is 1.38 bits per heavy atom. The molecule has 0 bridgehead atoms. The number of ether oxygens (including phenoxy) is 1. The number of hydrogen-bond donors (Lipinski definition) is 2. The first-order chi connectivity index (χ1) is 9.75. The van der Waals surface area contributed by atoms with E-state index in [0.29, 0.717) is 8.95 Å². The fourth-order valence-electron chi connectivity index (χ4n) is 1.29. The zero-order valence-electron chi connectivity index (χ0n) is 10.6. The second kappa shape index (κ2) is 7.74. The normalized spacial score (nSPS) is 10.8. The molecule has 0 aliphatic carbocycles. The van der Waals surface area contributed by atoms with Crippen molar-refractivity contribution in [2.24, 2.45) is 5.14 Å². The summed E-state index contributed by atoms with van der Waals surface area (Å²) in [5.41, 5.74) is 0. The first-order valence-corrected chi connectivity index (χ1v) is 8.67. The molecule has 0 heterocycles. The van der Waals surface area contributed by atoms with Gasteiger partial charge in [0.05, 0.1) is 26.3 Å². The maximum atomic E-state index is 11.4. The topological polar surface area (TPSA) is 122 Å². The van der Waals surface area contributed by atoms with Crippen molar-refractivity contribution in [3.8, 4) is 11.8 Å². The van der Waals surface area contributed by atoms with Crippen LogP contribution in [-0.4, -0.2) is 27.5 Å². The Kier molecular flexibility index (Phi) is 6.60. The Bertz CT molecular complexity index is 662. The summed E-state index contributed by atoms with van der Waals surface area (Å²) in [4.78, 5) is 11.4. The highest BCUT2D eigenvalue weighted by Gasteiger charge is 2.16. The average Bonchev–Trinajstić information content (AvgIpc) is 2.36. The summed E-state index contributed by atoms with van der Waals surface area (Å²) in [6.45, 7) is -0.0251. The van der Waals surface area contributed by atoms with Gasteiger partial charge in [-0.15, -0.1) is 0 Å². The third-order valence-electron chi connectivity index (χ3n) is 2.21. The van der Waals surface area contributed by atoms with Crippen LogP contribution in [0, 0.1) is 11.3 Å². The second-order valence-corrected chi connectivity index (χ2v) is 7.08. The van der Waals surface area contributed by atoms with Crippen molar-refractivity contribution in [1.29, 1.82) is 5.26 Å². The van der Waals surface area contributed by atoms with E-state index in [2.05, 4.69) is 37.2 Å².